The lowest BCUT2D eigenvalue weighted by Gasteiger charge is -2.42. The lowest BCUT2D eigenvalue weighted by molar-refractivity contribution is -0.141. The fourth-order valence-electron chi connectivity index (χ4n) is 9.26. The van der Waals surface area contributed by atoms with Crippen LogP contribution in [0, 0.1) is 11.7 Å². The van der Waals surface area contributed by atoms with E-state index >= 15 is 0 Å². The minimum absolute atomic E-state index is 0.0683. The molecule has 4 fully saturated rings. The molecule has 5 aliphatic rings. The van der Waals surface area contributed by atoms with Gasteiger partial charge in [0.25, 0.3) is 5.91 Å². The van der Waals surface area contributed by atoms with Crippen molar-refractivity contribution in [3.63, 3.8) is 0 Å². The summed E-state index contributed by atoms with van der Waals surface area (Å²) in [7, 11) is 0. The summed E-state index contributed by atoms with van der Waals surface area (Å²) >= 11 is 0. The van der Waals surface area contributed by atoms with Gasteiger partial charge in [0.1, 0.15) is 17.9 Å². The number of carbonyl (C=O) groups is 3. The van der Waals surface area contributed by atoms with Crippen LogP contribution in [0.15, 0.2) is 42.5 Å². The van der Waals surface area contributed by atoms with Crippen molar-refractivity contribution in [3.05, 3.63) is 70.5 Å². The maximum atomic E-state index is 14.2. The van der Waals surface area contributed by atoms with Gasteiger partial charge in [0, 0.05) is 37.1 Å². The predicted octanol–water partition coefficient (Wildman–Crippen LogP) is 5.12. The Morgan fingerprint density at radius 2 is 1.79 bits per heavy atom. The Hall–Kier alpha value is -3.34. The first-order chi connectivity index (χ1) is 23.3. The number of aliphatic hydroxyl groups is 1. The van der Waals surface area contributed by atoms with Gasteiger partial charge in [0.2, 0.25) is 5.91 Å². The summed E-state index contributed by atoms with van der Waals surface area (Å²) in [5.74, 6) is -0.426. The Morgan fingerprint density at radius 1 is 1.04 bits per heavy atom. The van der Waals surface area contributed by atoms with Crippen molar-refractivity contribution in [1.29, 1.82) is 0 Å². The maximum absolute atomic E-state index is 14.2. The SMILES string of the molecule is C[C@@H](C1CC1)N(Cc1cccc(F)c1)C(=O)CN1C(=O)N[C@]2(CCc3cc(C4CNN(CCO)C45CCCCCCCC5)ccc32)C1=O. The van der Waals surface area contributed by atoms with Crippen molar-refractivity contribution in [3.8, 4) is 0 Å². The average Bonchev–Trinajstić information content (AvgIpc) is 3.70. The lowest BCUT2D eigenvalue weighted by atomic mass is 9.73. The minimum Gasteiger partial charge on any atom is -0.395 e. The summed E-state index contributed by atoms with van der Waals surface area (Å²) in [6.45, 7) is 3.39. The third-order valence-electron chi connectivity index (χ3n) is 12.1. The molecular weight excluding hydrogens is 609 g/mol. The number of nitrogens with one attached hydrogen (secondary N) is 2. The van der Waals surface area contributed by atoms with Crippen molar-refractivity contribution in [1.82, 2.24) is 25.6 Å². The number of β-amino-alcohol motifs (C(OH)–C–C–N with tert-alkyl or cyclic N) is 1. The molecule has 10 heteroatoms. The van der Waals surface area contributed by atoms with Crippen LogP contribution in [0.2, 0.25) is 0 Å². The normalized spacial score (nSPS) is 26.3. The Balaban J connectivity index is 1.11. The third kappa shape index (κ3) is 6.05. The van der Waals surface area contributed by atoms with Gasteiger partial charge in [-0.05, 0) is 85.8 Å². The average molecular weight is 660 g/mol. The first-order valence-corrected chi connectivity index (χ1v) is 18.2. The van der Waals surface area contributed by atoms with E-state index in [1.807, 2.05) is 13.0 Å². The Bertz CT molecular complexity index is 1540. The van der Waals surface area contributed by atoms with Gasteiger partial charge in [-0.25, -0.2) is 14.2 Å². The summed E-state index contributed by atoms with van der Waals surface area (Å²) in [4.78, 5) is 44.2. The molecule has 7 rings (SSSR count). The van der Waals surface area contributed by atoms with Gasteiger partial charge < -0.3 is 15.3 Å². The van der Waals surface area contributed by atoms with Crippen molar-refractivity contribution in [2.24, 2.45) is 5.92 Å². The molecule has 0 aromatic heterocycles. The number of amides is 4. The molecule has 9 nitrogen and oxygen atoms in total. The number of fused-ring (bicyclic) bond motifs is 2. The van der Waals surface area contributed by atoms with Crippen molar-refractivity contribution in [2.45, 2.75) is 114 Å². The maximum Gasteiger partial charge on any atom is 0.325 e. The second-order valence-corrected chi connectivity index (χ2v) is 14.9. The van der Waals surface area contributed by atoms with Gasteiger partial charge in [0.15, 0.2) is 0 Å². The number of urea groups is 1. The molecule has 0 radical (unpaired) electrons. The van der Waals surface area contributed by atoms with E-state index in [0.717, 1.165) is 48.3 Å². The number of aliphatic hydroxyl groups excluding tert-OH is 1. The zero-order chi connectivity index (χ0) is 33.5. The minimum atomic E-state index is -1.17. The number of rotatable bonds is 9. The Labute approximate surface area is 283 Å². The molecule has 3 N–H and O–H groups in total. The molecule has 4 amide bonds. The molecule has 2 aromatic rings. The molecule has 2 aliphatic heterocycles. The number of carbonyl (C=O) groups excluding carboxylic acids is 3. The standard InChI is InChI=1S/C38H50FN5O4/c1-26(28-11-12-28)42(24-27-9-8-10-31(39)21-27)34(46)25-43-35(47)38(41-36(43)48)18-15-30-22-29(13-14-32(30)38)33-23-40-44(19-20-45)37(33)16-6-4-2-3-5-7-17-37/h8-10,13-14,21-22,26,28,33,40,45H,2-7,11-12,15-20,23-25H2,1H3,(H,41,48)/t26-,33?,38-/m0/s1. The first kappa shape index (κ1) is 33.2. The molecule has 1 unspecified atom stereocenters. The quantitative estimate of drug-likeness (QED) is 0.323. The second-order valence-electron chi connectivity index (χ2n) is 14.9. The highest BCUT2D eigenvalue weighted by atomic mass is 19.1. The number of nitrogens with zero attached hydrogens (tertiary/aromatic N) is 3. The van der Waals surface area contributed by atoms with Gasteiger partial charge in [-0.2, -0.15) is 0 Å². The molecular formula is C38H50FN5O4. The number of aryl methyl sites for hydroxylation is 1. The smallest absolute Gasteiger partial charge is 0.325 e. The third-order valence-corrected chi connectivity index (χ3v) is 12.1. The number of imide groups is 1. The van der Waals surface area contributed by atoms with Crippen LogP contribution in [0.3, 0.4) is 0 Å². The van der Waals surface area contributed by atoms with Crippen LogP contribution in [-0.4, -0.2) is 75.6 Å². The largest absolute Gasteiger partial charge is 0.395 e. The Morgan fingerprint density at radius 3 is 2.50 bits per heavy atom. The van der Waals surface area contributed by atoms with E-state index in [0.29, 0.717) is 30.9 Å². The van der Waals surface area contributed by atoms with E-state index in [-0.39, 0.29) is 54.8 Å². The Kier molecular flexibility index (Phi) is 9.34. The molecule has 2 saturated carbocycles. The van der Waals surface area contributed by atoms with Crippen LogP contribution >= 0.6 is 0 Å². The molecule has 258 valence electrons. The summed E-state index contributed by atoms with van der Waals surface area (Å²) < 4.78 is 14.0. The molecule has 2 spiro atoms. The van der Waals surface area contributed by atoms with Crippen LogP contribution in [0.5, 0.6) is 0 Å². The van der Waals surface area contributed by atoms with Crippen molar-refractivity contribution in [2.75, 3.05) is 26.2 Å². The van der Waals surface area contributed by atoms with Crippen LogP contribution in [0.4, 0.5) is 9.18 Å². The van der Waals surface area contributed by atoms with E-state index in [2.05, 4.69) is 27.9 Å². The van der Waals surface area contributed by atoms with E-state index in [1.54, 1.807) is 17.0 Å². The predicted molar refractivity (Wildman–Crippen MR) is 180 cm³/mol. The number of hydrogen-bond acceptors (Lipinski definition) is 6. The number of benzene rings is 2. The molecule has 3 atom stereocenters. The van der Waals surface area contributed by atoms with Gasteiger partial charge in [-0.3, -0.25) is 19.9 Å². The monoisotopic (exact) mass is 659 g/mol. The fraction of sp³-hybridized carbons (Fsp3) is 0.605. The van der Waals surface area contributed by atoms with E-state index in [4.69, 9.17) is 0 Å². The summed E-state index contributed by atoms with van der Waals surface area (Å²) in [5.41, 5.74) is 6.21. The summed E-state index contributed by atoms with van der Waals surface area (Å²) in [6.07, 6.45) is 12.7. The van der Waals surface area contributed by atoms with Crippen LogP contribution < -0.4 is 10.7 Å². The molecule has 2 aromatic carbocycles. The summed E-state index contributed by atoms with van der Waals surface area (Å²) in [6, 6.07) is 12.0. The van der Waals surface area contributed by atoms with Crippen LogP contribution in [-0.2, 0) is 28.1 Å². The molecule has 2 saturated heterocycles. The topological polar surface area (TPSA) is 105 Å². The molecule has 0 bridgehead atoms. The molecule has 2 heterocycles. The first-order valence-electron chi connectivity index (χ1n) is 18.2. The number of halogens is 1. The zero-order valence-electron chi connectivity index (χ0n) is 28.2. The molecule has 3 aliphatic carbocycles. The molecule has 48 heavy (non-hydrogen) atoms. The second kappa shape index (κ2) is 13.5. The highest BCUT2D eigenvalue weighted by molar-refractivity contribution is 6.10. The lowest BCUT2D eigenvalue weighted by Crippen LogP contribution is -2.51. The van der Waals surface area contributed by atoms with Crippen molar-refractivity contribution < 1.29 is 23.9 Å². The zero-order valence-corrected chi connectivity index (χ0v) is 28.2. The van der Waals surface area contributed by atoms with Crippen LogP contribution in [0.25, 0.3) is 0 Å². The fourth-order valence-corrected chi connectivity index (χ4v) is 9.26. The summed E-state index contributed by atoms with van der Waals surface area (Å²) in [5, 5.41) is 15.2. The van der Waals surface area contributed by atoms with Gasteiger partial charge in [-0.1, -0.05) is 68.9 Å². The number of hydrazine groups is 1. The van der Waals surface area contributed by atoms with Gasteiger partial charge in [-0.15, -0.1) is 0 Å². The van der Waals surface area contributed by atoms with E-state index < -0.39 is 11.6 Å². The van der Waals surface area contributed by atoms with Gasteiger partial charge >= 0.3 is 6.03 Å². The van der Waals surface area contributed by atoms with Crippen LogP contribution in [0.1, 0.15) is 106 Å². The van der Waals surface area contributed by atoms with Gasteiger partial charge in [0.05, 0.1) is 6.61 Å². The van der Waals surface area contributed by atoms with E-state index in [9.17, 15) is 23.9 Å². The van der Waals surface area contributed by atoms with E-state index in [1.165, 1.54) is 56.2 Å². The highest BCUT2D eigenvalue weighted by Crippen LogP contribution is 2.48. The van der Waals surface area contributed by atoms with Crippen molar-refractivity contribution >= 4 is 17.8 Å². The highest BCUT2D eigenvalue weighted by Gasteiger charge is 2.56. The number of hydrogen-bond donors (Lipinski definition) is 3.